The Morgan fingerprint density at radius 3 is 2.47 bits per heavy atom. The molecule has 1 aliphatic heterocycles. The van der Waals surface area contributed by atoms with E-state index in [1.807, 2.05) is 6.92 Å². The topological polar surface area (TPSA) is 29.5 Å². The molecule has 0 aromatic heterocycles. The van der Waals surface area contributed by atoms with E-state index in [4.69, 9.17) is 4.74 Å². The van der Waals surface area contributed by atoms with Crippen molar-refractivity contribution in [2.24, 2.45) is 0 Å². The van der Waals surface area contributed by atoms with Gasteiger partial charge >= 0.3 is 0 Å². The van der Waals surface area contributed by atoms with Gasteiger partial charge in [0.05, 0.1) is 6.61 Å². The van der Waals surface area contributed by atoms with Crippen LogP contribution in [0.5, 0.6) is 5.75 Å². The molecule has 1 N–H and O–H groups in total. The summed E-state index contributed by atoms with van der Waals surface area (Å²) in [7, 11) is 0. The van der Waals surface area contributed by atoms with Crippen molar-refractivity contribution in [1.82, 2.24) is 0 Å². The second-order valence-electron chi connectivity index (χ2n) is 5.21. The van der Waals surface area contributed by atoms with E-state index in [1.54, 1.807) is 0 Å². The quantitative estimate of drug-likeness (QED) is 0.860. The average molecular weight is 299 g/mol. The Labute approximate surface area is 111 Å². The van der Waals surface area contributed by atoms with Gasteiger partial charge in [-0.05, 0) is 62.8 Å². The summed E-state index contributed by atoms with van der Waals surface area (Å²) in [6, 6.07) is 0. The molecule has 0 spiro atoms. The van der Waals surface area contributed by atoms with Crippen LogP contribution in [0.2, 0.25) is 0 Å². The SMILES string of the molecule is Cc1c(C)c2c(c(C)c1Br)CC[C@@](C)(CO)O2. The standard InChI is InChI=1S/C14H19BrO2/c1-8-9(2)13-11(10(3)12(8)15)5-6-14(4,7-16)17-13/h16H,5-7H2,1-4H3/t14-/m0/s1. The predicted octanol–water partition coefficient (Wildman–Crippen LogP) is 3.45. The lowest BCUT2D eigenvalue weighted by molar-refractivity contribution is 0.00727. The minimum Gasteiger partial charge on any atom is -0.485 e. The molecule has 0 fully saturated rings. The van der Waals surface area contributed by atoms with Crippen LogP contribution in [0.3, 0.4) is 0 Å². The zero-order valence-corrected chi connectivity index (χ0v) is 12.4. The molecule has 1 aromatic carbocycles. The summed E-state index contributed by atoms with van der Waals surface area (Å²) in [5.41, 5.74) is 4.53. The van der Waals surface area contributed by atoms with E-state index < -0.39 is 5.60 Å². The first-order valence-electron chi connectivity index (χ1n) is 5.97. The van der Waals surface area contributed by atoms with Gasteiger partial charge in [0, 0.05) is 4.47 Å². The van der Waals surface area contributed by atoms with Crippen LogP contribution in [-0.2, 0) is 6.42 Å². The Kier molecular flexibility index (Phi) is 3.25. The zero-order valence-electron chi connectivity index (χ0n) is 10.9. The summed E-state index contributed by atoms with van der Waals surface area (Å²) in [4.78, 5) is 0. The van der Waals surface area contributed by atoms with E-state index in [9.17, 15) is 5.11 Å². The highest BCUT2D eigenvalue weighted by molar-refractivity contribution is 9.10. The number of halogens is 1. The molecule has 0 bridgehead atoms. The predicted molar refractivity (Wildman–Crippen MR) is 72.8 cm³/mol. The fraction of sp³-hybridized carbons (Fsp3) is 0.571. The first-order valence-corrected chi connectivity index (χ1v) is 6.77. The van der Waals surface area contributed by atoms with E-state index >= 15 is 0 Å². The molecule has 1 aromatic rings. The van der Waals surface area contributed by atoms with Gasteiger partial charge in [-0.2, -0.15) is 0 Å². The maximum Gasteiger partial charge on any atom is 0.129 e. The number of aliphatic hydroxyl groups excluding tert-OH is 1. The van der Waals surface area contributed by atoms with Crippen molar-refractivity contribution < 1.29 is 9.84 Å². The molecular weight excluding hydrogens is 280 g/mol. The normalized spacial score (nSPS) is 23.2. The van der Waals surface area contributed by atoms with Crippen molar-refractivity contribution in [2.75, 3.05) is 6.61 Å². The Morgan fingerprint density at radius 2 is 1.88 bits per heavy atom. The molecule has 2 nitrogen and oxygen atoms in total. The lowest BCUT2D eigenvalue weighted by Gasteiger charge is -2.36. The minimum atomic E-state index is -0.426. The van der Waals surface area contributed by atoms with Crippen molar-refractivity contribution in [1.29, 1.82) is 0 Å². The van der Waals surface area contributed by atoms with Crippen LogP contribution in [0.15, 0.2) is 4.47 Å². The molecule has 0 amide bonds. The lowest BCUT2D eigenvalue weighted by atomic mass is 9.88. The summed E-state index contributed by atoms with van der Waals surface area (Å²) in [6.45, 7) is 8.35. The molecule has 1 atom stereocenters. The summed E-state index contributed by atoms with van der Waals surface area (Å²) >= 11 is 3.65. The molecule has 0 saturated carbocycles. The highest BCUT2D eigenvalue weighted by atomic mass is 79.9. The molecule has 0 unspecified atom stereocenters. The van der Waals surface area contributed by atoms with Gasteiger partial charge in [0.25, 0.3) is 0 Å². The summed E-state index contributed by atoms with van der Waals surface area (Å²) in [5.74, 6) is 0.978. The Bertz CT molecular complexity index is 468. The fourth-order valence-electron chi connectivity index (χ4n) is 2.38. The second-order valence-corrected chi connectivity index (χ2v) is 6.00. The molecule has 17 heavy (non-hydrogen) atoms. The molecule has 94 valence electrons. The summed E-state index contributed by atoms with van der Waals surface area (Å²) < 4.78 is 7.23. The molecule has 1 heterocycles. The van der Waals surface area contributed by atoms with Crippen LogP contribution >= 0.6 is 15.9 Å². The van der Waals surface area contributed by atoms with Crippen LogP contribution in [0.25, 0.3) is 0 Å². The molecule has 1 aliphatic rings. The molecule has 3 heteroatoms. The van der Waals surface area contributed by atoms with Crippen molar-refractivity contribution in [3.05, 3.63) is 26.7 Å². The fourth-order valence-corrected chi connectivity index (χ4v) is 2.92. The van der Waals surface area contributed by atoms with Crippen LogP contribution in [0.4, 0.5) is 0 Å². The van der Waals surface area contributed by atoms with Gasteiger partial charge in [0.1, 0.15) is 11.4 Å². The molecule has 0 saturated heterocycles. The number of rotatable bonds is 1. The van der Waals surface area contributed by atoms with Crippen molar-refractivity contribution in [2.45, 2.75) is 46.1 Å². The van der Waals surface area contributed by atoms with Crippen molar-refractivity contribution >= 4 is 15.9 Å². The monoisotopic (exact) mass is 298 g/mol. The maximum atomic E-state index is 9.43. The first-order chi connectivity index (χ1) is 7.89. The number of ether oxygens (including phenoxy) is 1. The van der Waals surface area contributed by atoms with Gasteiger partial charge in [0.2, 0.25) is 0 Å². The van der Waals surface area contributed by atoms with Gasteiger partial charge in [-0.1, -0.05) is 15.9 Å². The van der Waals surface area contributed by atoms with Gasteiger partial charge in [-0.15, -0.1) is 0 Å². The van der Waals surface area contributed by atoms with Crippen molar-refractivity contribution in [3.8, 4) is 5.75 Å². The first kappa shape index (κ1) is 12.9. The third kappa shape index (κ3) is 2.00. The van der Waals surface area contributed by atoms with E-state index in [0.717, 1.165) is 18.6 Å². The minimum absolute atomic E-state index is 0.0695. The highest BCUT2D eigenvalue weighted by Gasteiger charge is 2.33. The Morgan fingerprint density at radius 1 is 1.24 bits per heavy atom. The van der Waals surface area contributed by atoms with E-state index in [-0.39, 0.29) is 6.61 Å². The Balaban J connectivity index is 2.59. The molecule has 2 rings (SSSR count). The third-order valence-corrected chi connectivity index (χ3v) is 5.06. The zero-order chi connectivity index (χ0) is 12.8. The van der Waals surface area contributed by atoms with Gasteiger partial charge in [-0.25, -0.2) is 0 Å². The van der Waals surface area contributed by atoms with E-state index in [1.165, 1.54) is 26.7 Å². The van der Waals surface area contributed by atoms with E-state index in [0.29, 0.717) is 0 Å². The van der Waals surface area contributed by atoms with Crippen molar-refractivity contribution in [3.63, 3.8) is 0 Å². The summed E-state index contributed by atoms with van der Waals surface area (Å²) in [5, 5.41) is 9.43. The van der Waals surface area contributed by atoms with Crippen LogP contribution < -0.4 is 4.74 Å². The number of hydrogen-bond acceptors (Lipinski definition) is 2. The van der Waals surface area contributed by atoms with Crippen LogP contribution in [-0.4, -0.2) is 17.3 Å². The highest BCUT2D eigenvalue weighted by Crippen LogP contribution is 2.42. The van der Waals surface area contributed by atoms with Crippen LogP contribution in [0, 0.1) is 20.8 Å². The number of hydrogen-bond donors (Lipinski definition) is 1. The second kappa shape index (κ2) is 4.29. The van der Waals surface area contributed by atoms with Crippen LogP contribution in [0.1, 0.15) is 35.6 Å². The molecule has 0 radical (unpaired) electrons. The average Bonchev–Trinajstić information content (AvgIpc) is 2.33. The largest absolute Gasteiger partial charge is 0.485 e. The van der Waals surface area contributed by atoms with Gasteiger partial charge < -0.3 is 9.84 Å². The smallest absolute Gasteiger partial charge is 0.129 e. The summed E-state index contributed by atoms with van der Waals surface area (Å²) in [6.07, 6.45) is 1.84. The molecular formula is C14H19BrO2. The maximum absolute atomic E-state index is 9.43. The lowest BCUT2D eigenvalue weighted by Crippen LogP contribution is -2.40. The number of fused-ring (bicyclic) bond motifs is 1. The third-order valence-electron chi connectivity index (χ3n) is 3.88. The van der Waals surface area contributed by atoms with Gasteiger partial charge in [-0.3, -0.25) is 0 Å². The number of benzene rings is 1. The number of aliphatic hydroxyl groups is 1. The molecule has 0 aliphatic carbocycles. The Hall–Kier alpha value is -0.540. The van der Waals surface area contributed by atoms with E-state index in [2.05, 4.69) is 36.7 Å². The van der Waals surface area contributed by atoms with Gasteiger partial charge in [0.15, 0.2) is 0 Å².